The van der Waals surface area contributed by atoms with Gasteiger partial charge in [-0.3, -0.25) is 13.9 Å². The van der Waals surface area contributed by atoms with E-state index in [1.807, 2.05) is 47.0 Å². The van der Waals surface area contributed by atoms with Crippen LogP contribution in [-0.4, -0.2) is 13.7 Å². The highest BCUT2D eigenvalue weighted by atomic mass is 79.9. The predicted molar refractivity (Wildman–Crippen MR) is 112 cm³/mol. The number of hydrogen-bond acceptors (Lipinski definition) is 2. The van der Waals surface area contributed by atoms with Gasteiger partial charge in [-0.2, -0.15) is 0 Å². The van der Waals surface area contributed by atoms with Crippen molar-refractivity contribution < 1.29 is 0 Å². The molecule has 0 radical (unpaired) electrons. The molecule has 0 spiro atoms. The fourth-order valence-electron chi connectivity index (χ4n) is 3.27. The third-order valence-electron chi connectivity index (χ3n) is 4.67. The highest BCUT2D eigenvalue weighted by Gasteiger charge is 2.21. The van der Waals surface area contributed by atoms with Crippen molar-refractivity contribution in [3.8, 4) is 16.9 Å². The van der Waals surface area contributed by atoms with E-state index in [2.05, 4.69) is 15.9 Å². The summed E-state index contributed by atoms with van der Waals surface area (Å²) in [6.07, 6.45) is 1.79. The largest absolute Gasteiger partial charge is 0.330 e. The topological polar surface area (TPSA) is 48.9 Å². The molecular weight excluding hydrogens is 430 g/mol. The van der Waals surface area contributed by atoms with E-state index in [0.717, 1.165) is 20.3 Å². The smallest absolute Gasteiger partial charge is 0.312 e. The van der Waals surface area contributed by atoms with Gasteiger partial charge in [0.05, 0.1) is 27.3 Å². The summed E-state index contributed by atoms with van der Waals surface area (Å²) in [4.78, 5) is 25.4. The van der Waals surface area contributed by atoms with Gasteiger partial charge in [-0.05, 0) is 29.8 Å². The lowest BCUT2D eigenvalue weighted by molar-refractivity contribution is 0.714. The summed E-state index contributed by atoms with van der Waals surface area (Å²) in [6.45, 7) is 0. The van der Waals surface area contributed by atoms with Crippen LogP contribution >= 0.6 is 27.5 Å². The second-order valence-corrected chi connectivity index (χ2v) is 7.59. The molecule has 0 aliphatic rings. The number of para-hydroxylation sites is 1. The summed E-state index contributed by atoms with van der Waals surface area (Å²) in [7, 11) is 3.15. The molecule has 0 saturated carbocycles. The number of benzene rings is 2. The first-order chi connectivity index (χ1) is 12.9. The Kier molecular flexibility index (Phi) is 4.32. The van der Waals surface area contributed by atoms with Crippen LogP contribution in [0.1, 0.15) is 0 Å². The molecule has 2 aromatic carbocycles. The van der Waals surface area contributed by atoms with Crippen LogP contribution in [0.2, 0.25) is 5.02 Å². The molecule has 0 N–H and O–H groups in total. The molecule has 0 aliphatic heterocycles. The number of fused-ring (bicyclic) bond motifs is 1. The third-order valence-corrected chi connectivity index (χ3v) is 5.52. The number of aromatic nitrogens is 3. The van der Waals surface area contributed by atoms with Gasteiger partial charge in [0.2, 0.25) is 0 Å². The molecule has 7 heteroatoms. The predicted octanol–water partition coefficient (Wildman–Crippen LogP) is 4.11. The number of halogens is 2. The molecule has 0 saturated heterocycles. The minimum atomic E-state index is -0.369. The van der Waals surface area contributed by atoms with Crippen molar-refractivity contribution in [3.63, 3.8) is 0 Å². The molecule has 2 heterocycles. The highest BCUT2D eigenvalue weighted by molar-refractivity contribution is 9.10. The van der Waals surface area contributed by atoms with Gasteiger partial charge in [0, 0.05) is 24.8 Å². The lowest BCUT2D eigenvalue weighted by Gasteiger charge is -2.11. The van der Waals surface area contributed by atoms with E-state index in [0.29, 0.717) is 21.6 Å². The van der Waals surface area contributed by atoms with Gasteiger partial charge in [-0.1, -0.05) is 51.8 Å². The number of hydrogen-bond donors (Lipinski definition) is 0. The molecule has 5 nitrogen and oxygen atoms in total. The van der Waals surface area contributed by atoms with Crippen molar-refractivity contribution >= 4 is 38.4 Å². The quantitative estimate of drug-likeness (QED) is 0.467. The Morgan fingerprint density at radius 1 is 0.926 bits per heavy atom. The Balaban J connectivity index is 2.23. The van der Waals surface area contributed by atoms with Crippen molar-refractivity contribution in [2.24, 2.45) is 14.1 Å². The summed E-state index contributed by atoms with van der Waals surface area (Å²) < 4.78 is 5.41. The number of rotatable bonds is 2. The van der Waals surface area contributed by atoms with Gasteiger partial charge in [-0.15, -0.1) is 0 Å². The van der Waals surface area contributed by atoms with E-state index in [-0.39, 0.29) is 11.2 Å². The van der Waals surface area contributed by atoms with Crippen molar-refractivity contribution in [1.29, 1.82) is 0 Å². The van der Waals surface area contributed by atoms with E-state index in [9.17, 15) is 9.59 Å². The maximum absolute atomic E-state index is 13.0. The van der Waals surface area contributed by atoms with Crippen LogP contribution in [0.25, 0.3) is 27.8 Å². The van der Waals surface area contributed by atoms with E-state index in [1.165, 1.54) is 11.6 Å². The normalized spacial score (nSPS) is 11.3. The lowest BCUT2D eigenvalue weighted by atomic mass is 10.1. The number of nitrogens with zero attached hydrogens (tertiary/aromatic N) is 3. The highest BCUT2D eigenvalue weighted by Crippen LogP contribution is 2.33. The van der Waals surface area contributed by atoms with Crippen LogP contribution < -0.4 is 11.2 Å². The fourth-order valence-corrected chi connectivity index (χ4v) is 3.76. The van der Waals surface area contributed by atoms with E-state index < -0.39 is 0 Å². The second kappa shape index (κ2) is 6.55. The molecule has 2 aromatic heterocycles. The van der Waals surface area contributed by atoms with Crippen molar-refractivity contribution in [2.75, 3.05) is 0 Å². The van der Waals surface area contributed by atoms with Crippen molar-refractivity contribution in [2.45, 2.75) is 0 Å². The van der Waals surface area contributed by atoms with Crippen LogP contribution in [0.15, 0.2) is 68.8 Å². The Labute approximate surface area is 168 Å². The van der Waals surface area contributed by atoms with Crippen LogP contribution in [0.3, 0.4) is 0 Å². The standard InChI is InChI=1S/C20H15BrClN3O2/c1-23-16-11-25(15-6-4-3-5-14(15)22)18(12-7-9-13(21)10-8-12)17(16)19(26)24(2)20(23)27/h3-11H,1-2H3. The molecule has 4 aromatic rings. The molecule has 0 fully saturated rings. The Morgan fingerprint density at radius 3 is 2.26 bits per heavy atom. The maximum Gasteiger partial charge on any atom is 0.330 e. The molecule has 136 valence electrons. The molecular formula is C20H15BrClN3O2. The first-order valence-electron chi connectivity index (χ1n) is 8.22. The zero-order valence-corrected chi connectivity index (χ0v) is 17.0. The van der Waals surface area contributed by atoms with Gasteiger partial charge in [0.1, 0.15) is 0 Å². The lowest BCUT2D eigenvalue weighted by Crippen LogP contribution is -2.36. The van der Waals surface area contributed by atoms with Gasteiger partial charge in [0.25, 0.3) is 5.56 Å². The van der Waals surface area contributed by atoms with Crippen LogP contribution in [0.5, 0.6) is 0 Å². The molecule has 4 rings (SSSR count). The Hall–Kier alpha value is -2.57. The molecule has 27 heavy (non-hydrogen) atoms. The zero-order chi connectivity index (χ0) is 19.3. The van der Waals surface area contributed by atoms with E-state index >= 15 is 0 Å². The van der Waals surface area contributed by atoms with Gasteiger partial charge < -0.3 is 4.57 Å². The first-order valence-corrected chi connectivity index (χ1v) is 9.39. The van der Waals surface area contributed by atoms with Crippen molar-refractivity contribution in [1.82, 2.24) is 13.7 Å². The minimum absolute atomic E-state index is 0.336. The monoisotopic (exact) mass is 443 g/mol. The molecule has 0 aliphatic carbocycles. The molecule has 0 amide bonds. The van der Waals surface area contributed by atoms with Crippen LogP contribution in [0.4, 0.5) is 0 Å². The van der Waals surface area contributed by atoms with Crippen molar-refractivity contribution in [3.05, 3.63) is 85.1 Å². The minimum Gasteiger partial charge on any atom is -0.312 e. The summed E-state index contributed by atoms with van der Waals surface area (Å²) in [5.74, 6) is 0. The number of aryl methyl sites for hydroxylation is 1. The second-order valence-electron chi connectivity index (χ2n) is 6.27. The van der Waals surface area contributed by atoms with Crippen LogP contribution in [0, 0.1) is 0 Å². The SMILES string of the molecule is Cn1c(=O)c2c(-c3ccc(Br)cc3)n(-c3ccccc3Cl)cc2n(C)c1=O. The third kappa shape index (κ3) is 2.76. The Morgan fingerprint density at radius 2 is 1.59 bits per heavy atom. The van der Waals surface area contributed by atoms with E-state index in [4.69, 9.17) is 11.6 Å². The van der Waals surface area contributed by atoms with E-state index in [1.54, 1.807) is 19.3 Å². The van der Waals surface area contributed by atoms with Gasteiger partial charge >= 0.3 is 5.69 Å². The molecule has 0 bridgehead atoms. The summed E-state index contributed by atoms with van der Waals surface area (Å²) in [5.41, 5.74) is 2.14. The van der Waals surface area contributed by atoms with Gasteiger partial charge in [0.15, 0.2) is 0 Å². The molecule has 0 atom stereocenters. The summed E-state index contributed by atoms with van der Waals surface area (Å²) >= 11 is 9.87. The van der Waals surface area contributed by atoms with Gasteiger partial charge in [-0.25, -0.2) is 4.79 Å². The average molecular weight is 445 g/mol. The fraction of sp³-hybridized carbons (Fsp3) is 0.100. The maximum atomic E-state index is 13.0. The summed E-state index contributed by atoms with van der Waals surface area (Å²) in [6, 6.07) is 15.1. The van der Waals surface area contributed by atoms with Crippen LogP contribution in [-0.2, 0) is 14.1 Å². The summed E-state index contributed by atoms with van der Waals surface area (Å²) in [5, 5.41) is 1.03. The molecule has 0 unspecified atom stereocenters. The average Bonchev–Trinajstić information content (AvgIpc) is 3.06. The zero-order valence-electron chi connectivity index (χ0n) is 14.6. The first kappa shape index (κ1) is 17.8. The Bertz CT molecular complexity index is 1300.